The molecule has 14 heavy (non-hydrogen) atoms. The Kier molecular flexibility index (Phi) is 3.18. The van der Waals surface area contributed by atoms with E-state index in [2.05, 4.69) is 0 Å². The molecule has 1 aromatic carbocycles. The molecule has 0 N–H and O–H groups in total. The van der Waals surface area contributed by atoms with E-state index in [1.54, 1.807) is 12.1 Å². The summed E-state index contributed by atoms with van der Waals surface area (Å²) in [5.41, 5.74) is 2.27. The standard InChI is InChI=1S/C12H14O2/c1-4-10-5-6-11(8(2)13)7-12(10)9(3)14/h5-7H,4H2,1-3H3. The van der Waals surface area contributed by atoms with Gasteiger partial charge in [0.15, 0.2) is 11.6 Å². The van der Waals surface area contributed by atoms with Gasteiger partial charge in [-0.1, -0.05) is 19.1 Å². The largest absolute Gasteiger partial charge is 0.295 e. The van der Waals surface area contributed by atoms with Gasteiger partial charge in [0.25, 0.3) is 0 Å². The molecule has 0 aliphatic heterocycles. The summed E-state index contributed by atoms with van der Waals surface area (Å²) in [5, 5.41) is 0. The third-order valence-corrected chi connectivity index (χ3v) is 2.28. The first-order valence-electron chi connectivity index (χ1n) is 4.71. The number of benzene rings is 1. The van der Waals surface area contributed by atoms with Crippen molar-refractivity contribution in [3.05, 3.63) is 34.9 Å². The van der Waals surface area contributed by atoms with Crippen molar-refractivity contribution in [2.75, 3.05) is 0 Å². The number of ketones is 2. The molecule has 2 heteroatoms. The van der Waals surface area contributed by atoms with Gasteiger partial charge >= 0.3 is 0 Å². The highest BCUT2D eigenvalue weighted by atomic mass is 16.1. The quantitative estimate of drug-likeness (QED) is 0.686. The van der Waals surface area contributed by atoms with Gasteiger partial charge in [-0.15, -0.1) is 0 Å². The van der Waals surface area contributed by atoms with E-state index in [-0.39, 0.29) is 11.6 Å². The van der Waals surface area contributed by atoms with Gasteiger partial charge in [0.05, 0.1) is 0 Å². The SMILES string of the molecule is CCc1ccc(C(C)=O)cc1C(C)=O. The van der Waals surface area contributed by atoms with Crippen LogP contribution in [0.3, 0.4) is 0 Å². The van der Waals surface area contributed by atoms with Gasteiger partial charge in [-0.3, -0.25) is 9.59 Å². The van der Waals surface area contributed by atoms with Gasteiger partial charge < -0.3 is 0 Å². The molecule has 0 heterocycles. The number of carbonyl (C=O) groups excluding carboxylic acids is 2. The van der Waals surface area contributed by atoms with Crippen LogP contribution in [0.1, 0.15) is 47.1 Å². The maximum atomic E-state index is 11.3. The van der Waals surface area contributed by atoms with Crippen molar-refractivity contribution in [1.82, 2.24) is 0 Å². The topological polar surface area (TPSA) is 34.1 Å². The van der Waals surface area contributed by atoms with Crippen LogP contribution in [-0.4, -0.2) is 11.6 Å². The lowest BCUT2D eigenvalue weighted by Crippen LogP contribution is -2.02. The van der Waals surface area contributed by atoms with Gasteiger partial charge in [0.1, 0.15) is 0 Å². The van der Waals surface area contributed by atoms with Crippen LogP contribution < -0.4 is 0 Å². The lowest BCUT2D eigenvalue weighted by Gasteiger charge is -2.05. The van der Waals surface area contributed by atoms with Crippen LogP contribution in [-0.2, 0) is 6.42 Å². The van der Waals surface area contributed by atoms with Crippen molar-refractivity contribution in [2.45, 2.75) is 27.2 Å². The zero-order valence-electron chi connectivity index (χ0n) is 8.76. The number of carbonyl (C=O) groups is 2. The van der Waals surface area contributed by atoms with E-state index in [0.717, 1.165) is 12.0 Å². The molecule has 1 aromatic rings. The van der Waals surface area contributed by atoms with Crippen molar-refractivity contribution in [3.63, 3.8) is 0 Å². The molecular weight excluding hydrogens is 176 g/mol. The highest BCUT2D eigenvalue weighted by molar-refractivity contribution is 6.00. The Labute approximate surface area is 83.9 Å². The number of hydrogen-bond donors (Lipinski definition) is 0. The molecule has 0 bridgehead atoms. The van der Waals surface area contributed by atoms with Gasteiger partial charge in [0.2, 0.25) is 0 Å². The molecule has 0 radical (unpaired) electrons. The monoisotopic (exact) mass is 190 g/mol. The van der Waals surface area contributed by atoms with Crippen LogP contribution in [0.4, 0.5) is 0 Å². The highest BCUT2D eigenvalue weighted by Crippen LogP contribution is 2.14. The smallest absolute Gasteiger partial charge is 0.160 e. The summed E-state index contributed by atoms with van der Waals surface area (Å²) < 4.78 is 0. The molecule has 0 fully saturated rings. The summed E-state index contributed by atoms with van der Waals surface area (Å²) in [5.74, 6) is 0.0140. The fourth-order valence-corrected chi connectivity index (χ4v) is 1.43. The van der Waals surface area contributed by atoms with Crippen molar-refractivity contribution in [1.29, 1.82) is 0 Å². The summed E-state index contributed by atoms with van der Waals surface area (Å²) in [4.78, 5) is 22.4. The maximum absolute atomic E-state index is 11.3. The van der Waals surface area contributed by atoms with E-state index in [0.29, 0.717) is 11.1 Å². The molecule has 0 saturated carbocycles. The van der Waals surface area contributed by atoms with Gasteiger partial charge in [-0.05, 0) is 31.9 Å². The van der Waals surface area contributed by atoms with Crippen molar-refractivity contribution < 1.29 is 9.59 Å². The summed E-state index contributed by atoms with van der Waals surface area (Å²) in [6.07, 6.45) is 0.813. The zero-order chi connectivity index (χ0) is 10.7. The van der Waals surface area contributed by atoms with Crippen LogP contribution in [0.2, 0.25) is 0 Å². The van der Waals surface area contributed by atoms with Crippen molar-refractivity contribution in [2.24, 2.45) is 0 Å². The molecule has 0 unspecified atom stereocenters. The molecule has 0 saturated heterocycles. The Balaban J connectivity index is 3.27. The van der Waals surface area contributed by atoms with E-state index in [1.807, 2.05) is 13.0 Å². The Morgan fingerprint density at radius 1 is 1.14 bits per heavy atom. The second-order valence-corrected chi connectivity index (χ2v) is 3.34. The minimum atomic E-state index is -0.00449. The van der Waals surface area contributed by atoms with E-state index in [1.165, 1.54) is 13.8 Å². The molecule has 74 valence electrons. The second-order valence-electron chi connectivity index (χ2n) is 3.34. The summed E-state index contributed by atoms with van der Waals surface area (Å²) in [6, 6.07) is 5.31. The first-order chi connectivity index (χ1) is 6.56. The summed E-state index contributed by atoms with van der Waals surface area (Å²) in [6.45, 7) is 5.03. The van der Waals surface area contributed by atoms with Gasteiger partial charge in [-0.25, -0.2) is 0 Å². The lowest BCUT2D eigenvalue weighted by atomic mass is 9.98. The summed E-state index contributed by atoms with van der Waals surface area (Å²) >= 11 is 0. The van der Waals surface area contributed by atoms with Crippen molar-refractivity contribution >= 4 is 11.6 Å². The van der Waals surface area contributed by atoms with E-state index in [4.69, 9.17) is 0 Å². The molecule has 0 aliphatic rings. The Morgan fingerprint density at radius 2 is 1.79 bits per heavy atom. The fraction of sp³-hybridized carbons (Fsp3) is 0.333. The van der Waals surface area contributed by atoms with Gasteiger partial charge in [-0.2, -0.15) is 0 Å². The van der Waals surface area contributed by atoms with Crippen LogP contribution in [0.25, 0.3) is 0 Å². The average molecular weight is 190 g/mol. The average Bonchev–Trinajstić information content (AvgIpc) is 2.16. The second kappa shape index (κ2) is 4.18. The lowest BCUT2D eigenvalue weighted by molar-refractivity contribution is 0.101. The normalized spacial score (nSPS) is 9.93. The van der Waals surface area contributed by atoms with E-state index < -0.39 is 0 Å². The molecule has 0 aliphatic carbocycles. The summed E-state index contributed by atoms with van der Waals surface area (Å²) in [7, 11) is 0. The van der Waals surface area contributed by atoms with Crippen LogP contribution in [0.15, 0.2) is 18.2 Å². The molecule has 0 aromatic heterocycles. The number of hydrogen-bond acceptors (Lipinski definition) is 2. The minimum Gasteiger partial charge on any atom is -0.295 e. The first-order valence-corrected chi connectivity index (χ1v) is 4.71. The molecule has 0 amide bonds. The predicted octanol–water partition coefficient (Wildman–Crippen LogP) is 2.65. The third kappa shape index (κ3) is 2.08. The van der Waals surface area contributed by atoms with Gasteiger partial charge in [0, 0.05) is 11.1 Å². The van der Waals surface area contributed by atoms with E-state index >= 15 is 0 Å². The minimum absolute atomic E-state index is 0.00449. The number of aryl methyl sites for hydroxylation is 1. The Hall–Kier alpha value is -1.44. The van der Waals surface area contributed by atoms with Crippen LogP contribution in [0, 0.1) is 0 Å². The molecule has 2 nitrogen and oxygen atoms in total. The number of Topliss-reactive ketones (excluding diaryl/α,β-unsaturated/α-hetero) is 2. The highest BCUT2D eigenvalue weighted by Gasteiger charge is 2.08. The predicted molar refractivity (Wildman–Crippen MR) is 55.8 cm³/mol. The molecular formula is C12H14O2. The third-order valence-electron chi connectivity index (χ3n) is 2.28. The Morgan fingerprint density at radius 3 is 2.21 bits per heavy atom. The van der Waals surface area contributed by atoms with Crippen molar-refractivity contribution in [3.8, 4) is 0 Å². The maximum Gasteiger partial charge on any atom is 0.160 e. The number of rotatable bonds is 3. The van der Waals surface area contributed by atoms with Crippen LogP contribution in [0.5, 0.6) is 0 Å². The molecule has 0 atom stereocenters. The van der Waals surface area contributed by atoms with E-state index in [9.17, 15) is 9.59 Å². The molecule has 0 spiro atoms. The van der Waals surface area contributed by atoms with Crippen LogP contribution >= 0.6 is 0 Å². The fourth-order valence-electron chi connectivity index (χ4n) is 1.43. The Bertz CT molecular complexity index is 378. The first kappa shape index (κ1) is 10.6. The molecule has 1 rings (SSSR count). The zero-order valence-corrected chi connectivity index (χ0v) is 8.76.